The smallest absolute Gasteiger partial charge is 0.338 e. The van der Waals surface area contributed by atoms with Gasteiger partial charge in [0.15, 0.2) is 4.80 Å². The van der Waals surface area contributed by atoms with Crippen molar-refractivity contribution in [2.75, 3.05) is 13.7 Å². The number of carbonyl (C=O) groups excluding carboxylic acids is 1. The third kappa shape index (κ3) is 7.00. The largest absolute Gasteiger partial charge is 0.496 e. The molecule has 4 aromatic rings. The zero-order chi connectivity index (χ0) is 31.4. The lowest BCUT2D eigenvalue weighted by Crippen LogP contribution is -2.40. The molecule has 0 bridgehead atoms. The minimum absolute atomic E-state index is 0.216. The van der Waals surface area contributed by atoms with Crippen molar-refractivity contribution in [1.29, 1.82) is 0 Å². The highest BCUT2D eigenvalue weighted by Gasteiger charge is 2.34. The van der Waals surface area contributed by atoms with Crippen LogP contribution in [0.1, 0.15) is 49.4 Å². The summed E-state index contributed by atoms with van der Waals surface area (Å²) in [4.78, 5) is 33.0. The van der Waals surface area contributed by atoms with Crippen molar-refractivity contribution >= 4 is 84.5 Å². The Balaban J connectivity index is 1.62. The monoisotopic (exact) mass is 898 g/mol. The Kier molecular flexibility index (Phi) is 11.0. The number of hydrogen-bond donors (Lipinski definition) is 0. The normalized spacial score (nSPS) is 14.7. The molecule has 0 amide bonds. The number of methoxy groups -OCH3 is 1. The number of carbonyl (C=O) groups is 1. The third-order valence-corrected chi connectivity index (χ3v) is 10.1. The number of halogens is 3. The number of thiazole rings is 1. The first-order valence-electron chi connectivity index (χ1n) is 14.0. The van der Waals surface area contributed by atoms with Crippen molar-refractivity contribution in [3.63, 3.8) is 0 Å². The van der Waals surface area contributed by atoms with Crippen LogP contribution < -0.4 is 24.4 Å². The van der Waals surface area contributed by atoms with Crippen LogP contribution >= 0.6 is 72.4 Å². The van der Waals surface area contributed by atoms with Crippen molar-refractivity contribution in [1.82, 2.24) is 4.57 Å². The summed E-state index contributed by atoms with van der Waals surface area (Å²) in [6.07, 6.45) is 3.24. The molecule has 2 heterocycles. The van der Waals surface area contributed by atoms with Gasteiger partial charge >= 0.3 is 5.97 Å². The number of allylic oxidation sites excluding steroid dienone is 1. The van der Waals surface area contributed by atoms with E-state index >= 15 is 0 Å². The standard InChI is InChI=1S/C33H29BrI2N2O5S/c1-4-9-25-28(32(40)42-5-2)29(21-12-13-26(41-3)22(34)17-21)38-31(39)27(44-33(38)37-25)16-20-14-23(35)30(24(36)15-20)43-18-19-10-7-6-8-11-19/h6-8,10-17,29H,4-5,9,18H2,1-3H3/b27-16-. The topological polar surface area (TPSA) is 79.1 Å². The van der Waals surface area contributed by atoms with Crippen molar-refractivity contribution in [2.45, 2.75) is 39.3 Å². The number of benzene rings is 3. The van der Waals surface area contributed by atoms with Crippen LogP contribution in [0.25, 0.3) is 6.08 Å². The minimum atomic E-state index is -0.703. The van der Waals surface area contributed by atoms with Gasteiger partial charge in [0.2, 0.25) is 0 Å². The van der Waals surface area contributed by atoms with Crippen LogP contribution in [0.4, 0.5) is 0 Å². The molecule has 228 valence electrons. The van der Waals surface area contributed by atoms with E-state index in [1.165, 1.54) is 11.3 Å². The number of rotatable bonds is 10. The average Bonchev–Trinajstić information content (AvgIpc) is 3.30. The maximum Gasteiger partial charge on any atom is 0.338 e. The van der Waals surface area contributed by atoms with Crippen LogP contribution in [-0.4, -0.2) is 24.3 Å². The summed E-state index contributed by atoms with van der Waals surface area (Å²) < 4.78 is 21.8. The second kappa shape index (κ2) is 14.7. The lowest BCUT2D eigenvalue weighted by molar-refractivity contribution is -0.139. The number of fused-ring (bicyclic) bond motifs is 1. The van der Waals surface area contributed by atoms with Crippen molar-refractivity contribution in [3.05, 3.63) is 120 Å². The van der Waals surface area contributed by atoms with Gasteiger partial charge in [-0.15, -0.1) is 0 Å². The van der Waals surface area contributed by atoms with Gasteiger partial charge in [0, 0.05) is 0 Å². The second-order valence-electron chi connectivity index (χ2n) is 9.90. The predicted molar refractivity (Wildman–Crippen MR) is 193 cm³/mol. The van der Waals surface area contributed by atoms with Gasteiger partial charge in [-0.3, -0.25) is 9.36 Å². The summed E-state index contributed by atoms with van der Waals surface area (Å²) in [5.74, 6) is 0.986. The molecule has 1 unspecified atom stereocenters. The van der Waals surface area contributed by atoms with E-state index in [-0.39, 0.29) is 12.2 Å². The molecule has 0 fully saturated rings. The Hall–Kier alpha value is -2.49. The minimum Gasteiger partial charge on any atom is -0.496 e. The molecule has 1 atom stereocenters. The summed E-state index contributed by atoms with van der Waals surface area (Å²) in [5, 5.41) is 0. The van der Waals surface area contributed by atoms with Crippen molar-refractivity contribution < 1.29 is 19.0 Å². The number of hydrogen-bond acceptors (Lipinski definition) is 7. The number of aromatic nitrogens is 1. The molecule has 7 nitrogen and oxygen atoms in total. The summed E-state index contributed by atoms with van der Waals surface area (Å²) in [7, 11) is 1.59. The van der Waals surface area contributed by atoms with Gasteiger partial charge in [-0.2, -0.15) is 0 Å². The summed E-state index contributed by atoms with van der Waals surface area (Å²) >= 11 is 9.43. The molecule has 3 aromatic carbocycles. The quantitative estimate of drug-likeness (QED) is 0.125. The van der Waals surface area contributed by atoms with E-state index in [4.69, 9.17) is 19.2 Å². The van der Waals surface area contributed by atoms with Crippen LogP contribution in [0.5, 0.6) is 11.5 Å². The Bertz CT molecular complexity index is 1900. The third-order valence-electron chi connectivity index (χ3n) is 6.93. The molecule has 0 radical (unpaired) electrons. The Morgan fingerprint density at radius 3 is 2.45 bits per heavy atom. The first-order valence-corrected chi connectivity index (χ1v) is 17.7. The van der Waals surface area contributed by atoms with Crippen LogP contribution in [-0.2, 0) is 16.1 Å². The van der Waals surface area contributed by atoms with Gasteiger partial charge in [-0.1, -0.05) is 61.1 Å². The zero-order valence-electron chi connectivity index (χ0n) is 24.2. The van der Waals surface area contributed by atoms with E-state index in [0.29, 0.717) is 39.4 Å². The fourth-order valence-electron chi connectivity index (χ4n) is 4.97. The molecule has 11 heteroatoms. The Morgan fingerprint density at radius 1 is 1.09 bits per heavy atom. The fraction of sp³-hybridized carbons (Fsp3) is 0.242. The molecule has 0 saturated carbocycles. The van der Waals surface area contributed by atoms with E-state index in [1.807, 2.05) is 73.7 Å². The van der Waals surface area contributed by atoms with Crippen LogP contribution in [0.15, 0.2) is 86.2 Å². The average molecular weight is 899 g/mol. The summed E-state index contributed by atoms with van der Waals surface area (Å²) in [5.41, 5.74) is 3.51. The van der Waals surface area contributed by atoms with Gasteiger partial charge in [0.25, 0.3) is 5.56 Å². The molecule has 1 aliphatic rings. The molecule has 1 aromatic heterocycles. The molecule has 0 N–H and O–H groups in total. The lowest BCUT2D eigenvalue weighted by atomic mass is 9.94. The molecule has 44 heavy (non-hydrogen) atoms. The molecular formula is C33H29BrI2N2O5S. The second-order valence-corrected chi connectivity index (χ2v) is 14.1. The number of ether oxygens (including phenoxy) is 3. The van der Waals surface area contributed by atoms with Crippen LogP contribution in [0.2, 0.25) is 0 Å². The van der Waals surface area contributed by atoms with Gasteiger partial charge in [0.1, 0.15) is 18.1 Å². The molecule has 5 rings (SSSR count). The van der Waals surface area contributed by atoms with Gasteiger partial charge in [-0.05, 0) is 121 Å². The van der Waals surface area contributed by atoms with Gasteiger partial charge in [-0.25, -0.2) is 9.79 Å². The van der Waals surface area contributed by atoms with Gasteiger partial charge in [0.05, 0.1) is 47.2 Å². The summed E-state index contributed by atoms with van der Waals surface area (Å²) in [6.45, 7) is 4.49. The fourth-order valence-corrected chi connectivity index (χ4v) is 8.68. The Morgan fingerprint density at radius 2 is 1.82 bits per heavy atom. The molecule has 0 aliphatic carbocycles. The van der Waals surface area contributed by atoms with Crippen LogP contribution in [0, 0.1) is 7.14 Å². The van der Waals surface area contributed by atoms with Gasteiger partial charge < -0.3 is 14.2 Å². The first kappa shape index (κ1) is 32.9. The molecule has 1 aliphatic heterocycles. The highest BCUT2D eigenvalue weighted by Crippen LogP contribution is 2.36. The molecular weight excluding hydrogens is 870 g/mol. The maximum absolute atomic E-state index is 14.1. The van der Waals surface area contributed by atoms with Crippen molar-refractivity contribution in [3.8, 4) is 11.5 Å². The van der Waals surface area contributed by atoms with Crippen molar-refractivity contribution in [2.24, 2.45) is 4.99 Å². The highest BCUT2D eigenvalue weighted by atomic mass is 127. The number of nitrogens with zero attached hydrogens (tertiary/aromatic N) is 2. The van der Waals surface area contributed by atoms with E-state index in [2.05, 4.69) is 61.1 Å². The Labute approximate surface area is 295 Å². The SMILES string of the molecule is CCCC1=C(C(=O)OCC)C(c2ccc(OC)c(Br)c2)n2c(s/c(=C\c3cc(I)c(OCc4ccccc4)c(I)c3)c2=O)=N1. The molecule has 0 saturated heterocycles. The number of esters is 1. The maximum atomic E-state index is 14.1. The first-order chi connectivity index (χ1) is 21.2. The van der Waals surface area contributed by atoms with Crippen LogP contribution in [0.3, 0.4) is 0 Å². The summed E-state index contributed by atoms with van der Waals surface area (Å²) in [6, 6.07) is 18.9. The van der Waals surface area contributed by atoms with E-state index < -0.39 is 12.0 Å². The lowest BCUT2D eigenvalue weighted by Gasteiger charge is -2.26. The highest BCUT2D eigenvalue weighted by molar-refractivity contribution is 14.1. The van der Waals surface area contributed by atoms with E-state index in [0.717, 1.165) is 40.5 Å². The zero-order valence-corrected chi connectivity index (χ0v) is 31.0. The molecule has 0 spiro atoms. The van der Waals surface area contributed by atoms with E-state index in [9.17, 15) is 9.59 Å². The van der Waals surface area contributed by atoms with E-state index in [1.54, 1.807) is 18.6 Å². The predicted octanol–water partition coefficient (Wildman–Crippen LogP) is 7.14.